The second kappa shape index (κ2) is 7.25. The Morgan fingerprint density at radius 3 is 2.93 bits per heavy atom. The van der Waals surface area contributed by atoms with Gasteiger partial charge in [0.1, 0.15) is 5.15 Å². The quantitative estimate of drug-likeness (QED) is 0.678. The van der Waals surface area contributed by atoms with Gasteiger partial charge in [-0.2, -0.15) is 0 Å². The van der Waals surface area contributed by atoms with Crippen molar-refractivity contribution in [1.82, 2.24) is 14.9 Å². The number of nitrogens with zero attached hydrogens (tertiary/aromatic N) is 3. The molecule has 0 aliphatic carbocycles. The highest BCUT2D eigenvalue weighted by Crippen LogP contribution is 2.32. The Labute approximate surface area is 165 Å². The minimum Gasteiger partial charge on any atom is -0.346 e. The van der Waals surface area contributed by atoms with Gasteiger partial charge in [0.2, 0.25) is 11.8 Å². The van der Waals surface area contributed by atoms with Crippen molar-refractivity contribution in [3.05, 3.63) is 41.8 Å². The van der Waals surface area contributed by atoms with Crippen LogP contribution in [-0.4, -0.2) is 40.3 Å². The molecule has 27 heavy (non-hydrogen) atoms. The van der Waals surface area contributed by atoms with Crippen molar-refractivity contribution < 1.29 is 9.59 Å². The molecule has 0 spiro atoms. The molecule has 0 bridgehead atoms. The van der Waals surface area contributed by atoms with Crippen LogP contribution < -0.4 is 5.32 Å². The number of anilines is 1. The van der Waals surface area contributed by atoms with E-state index in [0.29, 0.717) is 23.3 Å². The monoisotopic (exact) mass is 400 g/mol. The lowest BCUT2D eigenvalue weighted by Gasteiger charge is -2.27. The number of rotatable bonds is 3. The largest absolute Gasteiger partial charge is 0.346 e. The van der Waals surface area contributed by atoms with Crippen molar-refractivity contribution in [2.24, 2.45) is 5.92 Å². The van der Waals surface area contributed by atoms with Gasteiger partial charge >= 0.3 is 0 Å². The van der Waals surface area contributed by atoms with Crippen LogP contribution >= 0.6 is 22.9 Å². The number of likely N-dealkylation sites (tertiary alicyclic amines) is 1. The van der Waals surface area contributed by atoms with E-state index in [1.54, 1.807) is 24.3 Å². The molecule has 1 aromatic carbocycles. The van der Waals surface area contributed by atoms with Crippen molar-refractivity contribution in [2.45, 2.75) is 12.8 Å². The van der Waals surface area contributed by atoms with E-state index in [1.165, 1.54) is 11.3 Å². The summed E-state index contributed by atoms with van der Waals surface area (Å²) in [6.07, 6.45) is 4.40. The molecule has 1 atom stereocenters. The average molecular weight is 401 g/mol. The summed E-state index contributed by atoms with van der Waals surface area (Å²) >= 11 is 7.38. The van der Waals surface area contributed by atoms with Gasteiger partial charge in [-0.1, -0.05) is 35.1 Å². The van der Waals surface area contributed by atoms with Crippen molar-refractivity contribution in [3.63, 3.8) is 0 Å². The molecule has 2 aromatic heterocycles. The number of thiazole rings is 1. The van der Waals surface area contributed by atoms with Gasteiger partial charge in [-0.3, -0.25) is 9.59 Å². The highest BCUT2D eigenvalue weighted by Gasteiger charge is 2.29. The summed E-state index contributed by atoms with van der Waals surface area (Å²) in [4.78, 5) is 35.2. The predicted octanol–water partition coefficient (Wildman–Crippen LogP) is 3.82. The summed E-state index contributed by atoms with van der Waals surface area (Å²) in [6, 6.07) is 7.82. The third-order valence-corrected chi connectivity index (χ3v) is 5.91. The fourth-order valence-electron chi connectivity index (χ4n) is 3.11. The first-order valence-corrected chi connectivity index (χ1v) is 9.75. The number of halogens is 1. The van der Waals surface area contributed by atoms with Crippen LogP contribution in [0.25, 0.3) is 21.2 Å². The molecule has 138 valence electrons. The van der Waals surface area contributed by atoms with Crippen molar-refractivity contribution in [2.75, 3.05) is 18.9 Å². The fraction of sp³-hybridized carbons (Fsp3) is 0.263. The number of fused-ring (bicyclic) bond motifs is 1. The van der Waals surface area contributed by atoms with E-state index >= 15 is 0 Å². The maximum Gasteiger partial charge on any atom is 0.229 e. The van der Waals surface area contributed by atoms with Gasteiger partial charge in [-0.15, -0.1) is 0 Å². The summed E-state index contributed by atoms with van der Waals surface area (Å²) in [6.45, 7) is 0.606. The molecule has 1 N–H and O–H groups in total. The van der Waals surface area contributed by atoms with E-state index in [2.05, 4.69) is 15.3 Å². The smallest absolute Gasteiger partial charge is 0.229 e. The number of benzene rings is 1. The van der Waals surface area contributed by atoms with Gasteiger partial charge in [-0.05, 0) is 29.5 Å². The molecule has 1 unspecified atom stereocenters. The summed E-state index contributed by atoms with van der Waals surface area (Å²) in [5.41, 5.74) is 0.997. The van der Waals surface area contributed by atoms with Crippen LogP contribution in [0, 0.1) is 5.92 Å². The van der Waals surface area contributed by atoms with E-state index in [0.717, 1.165) is 21.2 Å². The predicted molar refractivity (Wildman–Crippen MR) is 107 cm³/mol. The van der Waals surface area contributed by atoms with Gasteiger partial charge in [-0.25, -0.2) is 9.97 Å². The number of hydrogen-bond donors (Lipinski definition) is 1. The maximum absolute atomic E-state index is 12.4. The molecule has 4 rings (SSSR count). The molecule has 1 saturated heterocycles. The standard InChI is InChI=1S/C19H17ClN4O2S/c1-24-5-4-12(8-17(24)25)18(26)23-19-22-10-15(27-19)11-2-3-13-9-21-16(20)7-14(13)6-11/h2-3,6-7,9-10,12H,4-5,8H2,1H3,(H,22,23,26). The second-order valence-corrected chi connectivity index (χ2v) is 8.01. The molecule has 0 saturated carbocycles. The van der Waals surface area contributed by atoms with E-state index < -0.39 is 0 Å². The summed E-state index contributed by atoms with van der Waals surface area (Å²) in [5.74, 6) is -0.435. The fourth-order valence-corrected chi connectivity index (χ4v) is 4.09. The van der Waals surface area contributed by atoms with Crippen LogP contribution in [0.3, 0.4) is 0 Å². The van der Waals surface area contributed by atoms with Gasteiger partial charge in [0.05, 0.1) is 4.88 Å². The van der Waals surface area contributed by atoms with E-state index in [1.807, 2.05) is 24.3 Å². The number of pyridine rings is 1. The second-order valence-electron chi connectivity index (χ2n) is 6.59. The van der Waals surface area contributed by atoms with E-state index in [9.17, 15) is 9.59 Å². The first kappa shape index (κ1) is 17.9. The molecule has 1 aliphatic heterocycles. The van der Waals surface area contributed by atoms with Crippen LogP contribution in [-0.2, 0) is 9.59 Å². The first-order chi connectivity index (χ1) is 13.0. The molecule has 1 aliphatic rings. The van der Waals surface area contributed by atoms with E-state index in [-0.39, 0.29) is 24.2 Å². The lowest BCUT2D eigenvalue weighted by Crippen LogP contribution is -2.39. The molecule has 1 fully saturated rings. The molecule has 0 radical (unpaired) electrons. The highest BCUT2D eigenvalue weighted by molar-refractivity contribution is 7.19. The third kappa shape index (κ3) is 3.79. The Kier molecular flexibility index (Phi) is 4.80. The Morgan fingerprint density at radius 2 is 2.11 bits per heavy atom. The summed E-state index contributed by atoms with van der Waals surface area (Å²) in [7, 11) is 1.76. The SMILES string of the molecule is CN1CCC(C(=O)Nc2ncc(-c3ccc4cnc(Cl)cc4c3)s2)CC1=O. The van der Waals surface area contributed by atoms with Crippen molar-refractivity contribution in [3.8, 4) is 10.4 Å². The first-order valence-electron chi connectivity index (χ1n) is 8.56. The average Bonchev–Trinajstić information content (AvgIpc) is 3.11. The van der Waals surface area contributed by atoms with Crippen LogP contribution in [0.4, 0.5) is 5.13 Å². The van der Waals surface area contributed by atoms with Crippen LogP contribution in [0.1, 0.15) is 12.8 Å². The number of carbonyl (C=O) groups excluding carboxylic acids is 2. The minimum atomic E-state index is -0.295. The van der Waals surface area contributed by atoms with Crippen LogP contribution in [0.2, 0.25) is 5.15 Å². The van der Waals surface area contributed by atoms with Gasteiger partial charge in [0.25, 0.3) is 0 Å². The molecule has 3 heterocycles. The summed E-state index contributed by atoms with van der Waals surface area (Å²) < 4.78 is 0. The van der Waals surface area contributed by atoms with E-state index in [4.69, 9.17) is 11.6 Å². The highest BCUT2D eigenvalue weighted by atomic mass is 35.5. The normalized spacial score (nSPS) is 17.3. The Bertz CT molecular complexity index is 1040. The zero-order valence-corrected chi connectivity index (χ0v) is 16.2. The van der Waals surface area contributed by atoms with Gasteiger partial charge in [0, 0.05) is 43.7 Å². The molecular formula is C19H17ClN4O2S. The molecule has 6 nitrogen and oxygen atoms in total. The molecule has 8 heteroatoms. The van der Waals surface area contributed by atoms with Crippen LogP contribution in [0.15, 0.2) is 36.7 Å². The van der Waals surface area contributed by atoms with Gasteiger partial charge < -0.3 is 10.2 Å². The lowest BCUT2D eigenvalue weighted by atomic mass is 9.96. The van der Waals surface area contributed by atoms with Crippen LogP contribution in [0.5, 0.6) is 0 Å². The summed E-state index contributed by atoms with van der Waals surface area (Å²) in [5, 5.41) is 5.84. The number of aromatic nitrogens is 2. The third-order valence-electron chi connectivity index (χ3n) is 4.74. The maximum atomic E-state index is 12.4. The number of hydrogen-bond acceptors (Lipinski definition) is 5. The lowest BCUT2D eigenvalue weighted by molar-refractivity contribution is -0.137. The van der Waals surface area contributed by atoms with Gasteiger partial charge in [0.15, 0.2) is 5.13 Å². The number of nitrogens with one attached hydrogen (secondary N) is 1. The zero-order valence-electron chi connectivity index (χ0n) is 14.6. The zero-order chi connectivity index (χ0) is 19.0. The molecule has 3 aromatic rings. The van der Waals surface area contributed by atoms with Crippen molar-refractivity contribution >= 4 is 50.7 Å². The topological polar surface area (TPSA) is 75.2 Å². The number of piperidine rings is 1. The Morgan fingerprint density at radius 1 is 1.26 bits per heavy atom. The molecule has 2 amide bonds. The number of amides is 2. The molecular weight excluding hydrogens is 384 g/mol. The Balaban J connectivity index is 1.50. The minimum absolute atomic E-state index is 0.00513. The number of carbonyl (C=O) groups is 2. The Hall–Kier alpha value is -2.51. The van der Waals surface area contributed by atoms with Crippen molar-refractivity contribution in [1.29, 1.82) is 0 Å².